The van der Waals surface area contributed by atoms with Crippen molar-refractivity contribution < 1.29 is 9.32 Å². The van der Waals surface area contributed by atoms with Crippen molar-refractivity contribution in [2.45, 2.75) is 33.4 Å². The Morgan fingerprint density at radius 3 is 2.44 bits per heavy atom. The van der Waals surface area contributed by atoms with Crippen molar-refractivity contribution in [1.82, 2.24) is 15.0 Å². The van der Waals surface area contributed by atoms with E-state index in [4.69, 9.17) is 27.7 Å². The van der Waals surface area contributed by atoms with Gasteiger partial charge in [-0.25, -0.2) is 0 Å². The molecule has 0 aliphatic heterocycles. The Bertz CT molecular complexity index is 952. The van der Waals surface area contributed by atoms with Crippen molar-refractivity contribution in [3.05, 3.63) is 69.5 Å². The molecule has 2 aromatic carbocycles. The molecule has 3 aromatic rings. The average Bonchev–Trinajstić information content (AvgIpc) is 3.10. The molecule has 0 saturated heterocycles. The van der Waals surface area contributed by atoms with Crippen molar-refractivity contribution in [1.29, 1.82) is 0 Å². The van der Waals surface area contributed by atoms with E-state index in [1.165, 1.54) is 0 Å². The molecule has 0 fully saturated rings. The zero-order valence-electron chi connectivity index (χ0n) is 15.2. The van der Waals surface area contributed by atoms with E-state index in [-0.39, 0.29) is 18.5 Å². The summed E-state index contributed by atoms with van der Waals surface area (Å²) in [6, 6.07) is 12.6. The molecule has 0 unspecified atom stereocenters. The predicted octanol–water partition coefficient (Wildman–Crippen LogP) is 5.40. The van der Waals surface area contributed by atoms with Gasteiger partial charge in [-0.15, -0.1) is 0 Å². The number of carbonyl (C=O) groups is 1. The molecule has 0 spiro atoms. The fraction of sp³-hybridized carbons (Fsp3) is 0.250. The van der Waals surface area contributed by atoms with Gasteiger partial charge in [0.1, 0.15) is 6.54 Å². The number of nitrogens with zero attached hydrogens (tertiary/aromatic N) is 3. The summed E-state index contributed by atoms with van der Waals surface area (Å²) < 4.78 is 5.36. The van der Waals surface area contributed by atoms with Gasteiger partial charge in [-0.3, -0.25) is 4.79 Å². The van der Waals surface area contributed by atoms with Crippen LogP contribution in [0.5, 0.6) is 0 Å². The number of hydrogen-bond acceptors (Lipinski definition) is 4. The standard InChI is InChI=1S/C20H19Cl2N3O2/c1-12(2)25(20(26)15-8-9-16(21)17(22)10-15)11-18-23-19(24-27-18)14-6-4-13(3)5-7-14/h4-10,12H,11H2,1-3H3. The number of amides is 1. The number of halogens is 2. The van der Waals surface area contributed by atoms with Crippen LogP contribution in [0.25, 0.3) is 11.4 Å². The van der Waals surface area contributed by atoms with Crippen LogP contribution in [0.15, 0.2) is 47.0 Å². The first-order valence-corrected chi connectivity index (χ1v) is 9.26. The summed E-state index contributed by atoms with van der Waals surface area (Å²) in [5.74, 6) is 0.682. The van der Waals surface area contributed by atoms with E-state index >= 15 is 0 Å². The lowest BCUT2D eigenvalue weighted by Gasteiger charge is -2.25. The zero-order valence-corrected chi connectivity index (χ0v) is 16.8. The van der Waals surface area contributed by atoms with Crippen molar-refractivity contribution in [3.63, 3.8) is 0 Å². The first-order chi connectivity index (χ1) is 12.8. The molecule has 3 rings (SSSR count). The second kappa shape index (κ2) is 8.11. The van der Waals surface area contributed by atoms with Gasteiger partial charge in [0.15, 0.2) is 0 Å². The van der Waals surface area contributed by atoms with Crippen LogP contribution in [0, 0.1) is 6.92 Å². The van der Waals surface area contributed by atoms with Gasteiger partial charge in [0.2, 0.25) is 11.7 Å². The first-order valence-electron chi connectivity index (χ1n) is 8.51. The second-order valence-corrected chi connectivity index (χ2v) is 7.35. The highest BCUT2D eigenvalue weighted by Crippen LogP contribution is 2.24. The summed E-state index contributed by atoms with van der Waals surface area (Å²) in [5.41, 5.74) is 2.47. The quantitative estimate of drug-likeness (QED) is 0.571. The number of aromatic nitrogens is 2. The molecule has 0 aliphatic rings. The molecular weight excluding hydrogens is 385 g/mol. The topological polar surface area (TPSA) is 59.2 Å². The van der Waals surface area contributed by atoms with Crippen LogP contribution in [0.1, 0.15) is 35.7 Å². The molecule has 0 saturated carbocycles. The highest BCUT2D eigenvalue weighted by molar-refractivity contribution is 6.42. The fourth-order valence-corrected chi connectivity index (χ4v) is 2.87. The molecule has 0 aliphatic carbocycles. The van der Waals surface area contributed by atoms with Crippen LogP contribution >= 0.6 is 23.2 Å². The Morgan fingerprint density at radius 1 is 1.11 bits per heavy atom. The van der Waals surface area contributed by atoms with Gasteiger partial charge in [0.05, 0.1) is 10.0 Å². The molecule has 0 atom stereocenters. The first kappa shape index (κ1) is 19.4. The van der Waals surface area contributed by atoms with Gasteiger partial charge in [-0.2, -0.15) is 4.98 Å². The number of rotatable bonds is 5. The van der Waals surface area contributed by atoms with Gasteiger partial charge in [0.25, 0.3) is 5.91 Å². The molecule has 1 amide bonds. The minimum Gasteiger partial charge on any atom is -0.337 e. The zero-order chi connectivity index (χ0) is 19.6. The smallest absolute Gasteiger partial charge is 0.254 e. The van der Waals surface area contributed by atoms with E-state index in [1.807, 2.05) is 45.0 Å². The van der Waals surface area contributed by atoms with Crippen molar-refractivity contribution in [3.8, 4) is 11.4 Å². The normalized spacial score (nSPS) is 11.0. The van der Waals surface area contributed by atoms with E-state index in [2.05, 4.69) is 10.1 Å². The van der Waals surface area contributed by atoms with Crippen molar-refractivity contribution in [2.75, 3.05) is 0 Å². The van der Waals surface area contributed by atoms with Crippen LogP contribution in [0.4, 0.5) is 0 Å². The van der Waals surface area contributed by atoms with Gasteiger partial charge in [-0.1, -0.05) is 58.2 Å². The maximum atomic E-state index is 12.9. The van der Waals surface area contributed by atoms with Crippen LogP contribution in [-0.4, -0.2) is 27.0 Å². The van der Waals surface area contributed by atoms with E-state index in [0.717, 1.165) is 11.1 Å². The summed E-state index contributed by atoms with van der Waals surface area (Å²) in [5, 5.41) is 4.77. The number of aryl methyl sites for hydroxylation is 1. The number of carbonyl (C=O) groups excluding carboxylic acids is 1. The molecule has 27 heavy (non-hydrogen) atoms. The summed E-state index contributed by atoms with van der Waals surface area (Å²) in [4.78, 5) is 19.0. The van der Waals surface area contributed by atoms with E-state index in [0.29, 0.717) is 27.3 Å². The largest absolute Gasteiger partial charge is 0.337 e. The molecule has 5 nitrogen and oxygen atoms in total. The predicted molar refractivity (Wildman–Crippen MR) is 106 cm³/mol. The van der Waals surface area contributed by atoms with E-state index < -0.39 is 0 Å². The molecule has 0 N–H and O–H groups in total. The molecule has 140 valence electrons. The van der Waals surface area contributed by atoms with Crippen molar-refractivity contribution in [2.24, 2.45) is 0 Å². The van der Waals surface area contributed by atoms with Crippen LogP contribution in [0.2, 0.25) is 10.0 Å². The molecule has 7 heteroatoms. The van der Waals surface area contributed by atoms with Gasteiger partial charge in [0, 0.05) is 17.2 Å². The summed E-state index contributed by atoms with van der Waals surface area (Å²) >= 11 is 12.0. The maximum Gasteiger partial charge on any atom is 0.254 e. The monoisotopic (exact) mass is 403 g/mol. The van der Waals surface area contributed by atoms with Gasteiger partial charge < -0.3 is 9.42 Å². The Morgan fingerprint density at radius 2 is 1.81 bits per heavy atom. The van der Waals surface area contributed by atoms with E-state index in [1.54, 1.807) is 23.1 Å². The maximum absolute atomic E-state index is 12.9. The lowest BCUT2D eigenvalue weighted by molar-refractivity contribution is 0.0667. The summed E-state index contributed by atoms with van der Waals surface area (Å²) in [6.45, 7) is 6.07. The number of hydrogen-bond donors (Lipinski definition) is 0. The van der Waals surface area contributed by atoms with Crippen molar-refractivity contribution >= 4 is 29.1 Å². The third kappa shape index (κ3) is 4.49. The van der Waals surface area contributed by atoms with Crippen LogP contribution in [-0.2, 0) is 6.54 Å². The van der Waals surface area contributed by atoms with E-state index in [9.17, 15) is 4.79 Å². The summed E-state index contributed by atoms with van der Waals surface area (Å²) in [6.07, 6.45) is 0. The highest BCUT2D eigenvalue weighted by atomic mass is 35.5. The molecule has 1 heterocycles. The number of benzene rings is 2. The fourth-order valence-electron chi connectivity index (χ4n) is 2.57. The third-order valence-electron chi connectivity index (χ3n) is 4.13. The minimum absolute atomic E-state index is 0.0679. The van der Waals surface area contributed by atoms with Gasteiger partial charge >= 0.3 is 0 Å². The Kier molecular flexibility index (Phi) is 5.82. The SMILES string of the molecule is Cc1ccc(-c2noc(CN(C(=O)c3ccc(Cl)c(Cl)c3)C(C)C)n2)cc1. The minimum atomic E-state index is -0.182. The third-order valence-corrected chi connectivity index (χ3v) is 4.87. The molecule has 1 aromatic heterocycles. The molecular formula is C20H19Cl2N3O2. The lowest BCUT2D eigenvalue weighted by Crippen LogP contribution is -2.36. The molecule has 0 bridgehead atoms. The van der Waals surface area contributed by atoms with Gasteiger partial charge in [-0.05, 0) is 39.0 Å². The van der Waals surface area contributed by atoms with Crippen LogP contribution in [0.3, 0.4) is 0 Å². The molecule has 0 radical (unpaired) electrons. The van der Waals surface area contributed by atoms with Crippen LogP contribution < -0.4 is 0 Å². The average molecular weight is 404 g/mol. The highest BCUT2D eigenvalue weighted by Gasteiger charge is 2.22. The Labute approximate surface area is 167 Å². The lowest BCUT2D eigenvalue weighted by atomic mass is 10.1. The summed E-state index contributed by atoms with van der Waals surface area (Å²) in [7, 11) is 0. The second-order valence-electron chi connectivity index (χ2n) is 6.53. The Balaban J connectivity index is 1.81. The Hall–Kier alpha value is -2.37.